The summed E-state index contributed by atoms with van der Waals surface area (Å²) in [6.07, 6.45) is 3.16. The van der Waals surface area contributed by atoms with Gasteiger partial charge in [0, 0.05) is 5.69 Å². The Kier molecular flexibility index (Phi) is 1.87. The van der Waals surface area contributed by atoms with Gasteiger partial charge in [0.05, 0.1) is 0 Å². The number of aryl methyl sites for hydroxylation is 1. The Labute approximate surface area is 76.8 Å². The summed E-state index contributed by atoms with van der Waals surface area (Å²) >= 11 is 0. The number of H-pyrrole nitrogens is 1. The molecule has 1 aromatic rings. The smallest absolute Gasteiger partial charge is 0.352 e. The van der Waals surface area contributed by atoms with Crippen LogP contribution < -0.4 is 0 Å². The van der Waals surface area contributed by atoms with Gasteiger partial charge in [0.15, 0.2) is 0 Å². The van der Waals surface area contributed by atoms with Crippen LogP contribution in [-0.4, -0.2) is 16.1 Å². The van der Waals surface area contributed by atoms with Crippen LogP contribution in [-0.2, 0) is 12.8 Å². The van der Waals surface area contributed by atoms with Crippen molar-refractivity contribution in [2.75, 3.05) is 0 Å². The number of rotatable bonds is 1. The van der Waals surface area contributed by atoms with E-state index < -0.39 is 5.97 Å². The maximum Gasteiger partial charge on any atom is 0.352 e. The van der Waals surface area contributed by atoms with Gasteiger partial charge >= 0.3 is 5.97 Å². The molecular weight excluding hydrogens is 166 g/mol. The fraction of sp³-hybridized carbons (Fsp3) is 0.500. The van der Waals surface area contributed by atoms with Crippen LogP contribution in [0.4, 0.5) is 0 Å². The van der Waals surface area contributed by atoms with Crippen LogP contribution in [0.5, 0.6) is 0 Å². The molecule has 0 bridgehead atoms. The monoisotopic (exact) mass is 179 g/mol. The number of fused-ring (bicyclic) bond motifs is 1. The van der Waals surface area contributed by atoms with E-state index in [0.29, 0.717) is 11.6 Å². The van der Waals surface area contributed by atoms with Crippen molar-refractivity contribution in [1.82, 2.24) is 4.98 Å². The zero-order valence-corrected chi connectivity index (χ0v) is 7.63. The Bertz CT molecular complexity index is 341. The van der Waals surface area contributed by atoms with E-state index in [-0.39, 0.29) is 0 Å². The molecule has 3 heteroatoms. The van der Waals surface area contributed by atoms with E-state index in [1.165, 1.54) is 5.56 Å². The van der Waals surface area contributed by atoms with Gasteiger partial charge in [0.1, 0.15) is 5.69 Å². The second kappa shape index (κ2) is 2.91. The lowest BCUT2D eigenvalue weighted by atomic mass is 9.89. The van der Waals surface area contributed by atoms with Gasteiger partial charge in [-0.2, -0.15) is 0 Å². The molecule has 2 rings (SSSR count). The fourth-order valence-electron chi connectivity index (χ4n) is 1.93. The molecule has 0 aliphatic heterocycles. The van der Waals surface area contributed by atoms with E-state index in [9.17, 15) is 4.79 Å². The minimum atomic E-state index is -0.859. The molecule has 0 aromatic carbocycles. The van der Waals surface area contributed by atoms with Crippen molar-refractivity contribution in [3.63, 3.8) is 0 Å². The minimum absolute atomic E-state index is 0.333. The largest absolute Gasteiger partial charge is 0.477 e. The van der Waals surface area contributed by atoms with Crippen molar-refractivity contribution in [3.05, 3.63) is 23.0 Å². The van der Waals surface area contributed by atoms with E-state index in [0.717, 1.165) is 25.0 Å². The molecule has 70 valence electrons. The predicted octanol–water partition coefficient (Wildman–Crippen LogP) is 1.84. The van der Waals surface area contributed by atoms with Gasteiger partial charge in [-0.05, 0) is 36.8 Å². The molecular formula is C10H13NO2. The van der Waals surface area contributed by atoms with Crippen LogP contribution in [0.25, 0.3) is 0 Å². The number of aromatic carboxylic acids is 1. The summed E-state index contributed by atoms with van der Waals surface area (Å²) in [5.41, 5.74) is 2.64. The number of nitrogens with one attached hydrogen (secondary N) is 1. The highest BCUT2D eigenvalue weighted by Crippen LogP contribution is 2.25. The molecule has 0 amide bonds. The zero-order valence-electron chi connectivity index (χ0n) is 7.63. The zero-order chi connectivity index (χ0) is 9.42. The quantitative estimate of drug-likeness (QED) is 0.691. The number of carboxylic acid groups (broad SMARTS) is 1. The standard InChI is InChI=1S/C10H13NO2/c1-6-2-3-8-7(4-6)5-9(11-8)10(12)13/h5-6,11H,2-4H2,1H3,(H,12,13). The lowest BCUT2D eigenvalue weighted by Gasteiger charge is -2.17. The molecule has 1 aliphatic carbocycles. The number of aromatic nitrogens is 1. The summed E-state index contributed by atoms with van der Waals surface area (Å²) in [7, 11) is 0. The first kappa shape index (κ1) is 8.35. The summed E-state index contributed by atoms with van der Waals surface area (Å²) in [6, 6.07) is 1.77. The minimum Gasteiger partial charge on any atom is -0.477 e. The number of hydrogen-bond acceptors (Lipinski definition) is 1. The van der Waals surface area contributed by atoms with E-state index in [4.69, 9.17) is 5.11 Å². The van der Waals surface area contributed by atoms with Gasteiger partial charge in [-0.3, -0.25) is 0 Å². The Morgan fingerprint density at radius 2 is 2.46 bits per heavy atom. The third-order valence-corrected chi connectivity index (χ3v) is 2.68. The van der Waals surface area contributed by atoms with Crippen molar-refractivity contribution in [1.29, 1.82) is 0 Å². The third kappa shape index (κ3) is 1.46. The topological polar surface area (TPSA) is 53.1 Å². The molecule has 0 fully saturated rings. The van der Waals surface area contributed by atoms with Crippen LogP contribution in [0.3, 0.4) is 0 Å². The molecule has 2 N–H and O–H groups in total. The first-order valence-electron chi connectivity index (χ1n) is 4.61. The third-order valence-electron chi connectivity index (χ3n) is 2.68. The normalized spacial score (nSPS) is 21.2. The molecule has 1 atom stereocenters. The highest BCUT2D eigenvalue weighted by atomic mass is 16.4. The Balaban J connectivity index is 2.33. The van der Waals surface area contributed by atoms with E-state index in [2.05, 4.69) is 11.9 Å². The molecule has 0 saturated heterocycles. The molecule has 13 heavy (non-hydrogen) atoms. The molecule has 1 aliphatic rings. The van der Waals surface area contributed by atoms with Crippen LogP contribution in [0.2, 0.25) is 0 Å². The average molecular weight is 179 g/mol. The highest BCUT2D eigenvalue weighted by Gasteiger charge is 2.19. The first-order chi connectivity index (χ1) is 6.16. The number of hydrogen-bond donors (Lipinski definition) is 2. The van der Waals surface area contributed by atoms with Crippen molar-refractivity contribution in [2.24, 2.45) is 5.92 Å². The van der Waals surface area contributed by atoms with Crippen molar-refractivity contribution in [2.45, 2.75) is 26.2 Å². The summed E-state index contributed by atoms with van der Waals surface area (Å²) < 4.78 is 0. The Morgan fingerprint density at radius 3 is 3.15 bits per heavy atom. The Hall–Kier alpha value is -1.25. The predicted molar refractivity (Wildman–Crippen MR) is 48.9 cm³/mol. The molecule has 3 nitrogen and oxygen atoms in total. The number of carbonyl (C=O) groups is 1. The molecule has 1 aromatic heterocycles. The van der Waals surface area contributed by atoms with Gasteiger partial charge in [-0.25, -0.2) is 4.79 Å². The Morgan fingerprint density at radius 1 is 1.69 bits per heavy atom. The molecule has 0 radical (unpaired) electrons. The van der Waals surface area contributed by atoms with Crippen molar-refractivity contribution in [3.8, 4) is 0 Å². The van der Waals surface area contributed by atoms with Crippen LogP contribution in [0.15, 0.2) is 6.07 Å². The summed E-state index contributed by atoms with van der Waals surface area (Å²) in [6.45, 7) is 2.20. The summed E-state index contributed by atoms with van der Waals surface area (Å²) in [4.78, 5) is 13.6. The number of carboxylic acids is 1. The van der Waals surface area contributed by atoms with Gasteiger partial charge < -0.3 is 10.1 Å². The SMILES string of the molecule is CC1CCc2[nH]c(C(=O)O)cc2C1. The second-order valence-corrected chi connectivity index (χ2v) is 3.84. The lowest BCUT2D eigenvalue weighted by Crippen LogP contribution is -2.09. The van der Waals surface area contributed by atoms with Gasteiger partial charge in [0.2, 0.25) is 0 Å². The van der Waals surface area contributed by atoms with Gasteiger partial charge in [-0.15, -0.1) is 0 Å². The highest BCUT2D eigenvalue weighted by molar-refractivity contribution is 5.86. The maximum atomic E-state index is 10.7. The van der Waals surface area contributed by atoms with Crippen molar-refractivity contribution >= 4 is 5.97 Å². The fourth-order valence-corrected chi connectivity index (χ4v) is 1.93. The lowest BCUT2D eigenvalue weighted by molar-refractivity contribution is 0.0691. The molecule has 1 unspecified atom stereocenters. The second-order valence-electron chi connectivity index (χ2n) is 3.84. The van der Waals surface area contributed by atoms with E-state index in [1.54, 1.807) is 6.07 Å². The summed E-state index contributed by atoms with van der Waals surface area (Å²) in [5.74, 6) is -0.174. The van der Waals surface area contributed by atoms with E-state index in [1.807, 2.05) is 0 Å². The summed E-state index contributed by atoms with van der Waals surface area (Å²) in [5, 5.41) is 8.77. The molecule has 0 spiro atoms. The van der Waals surface area contributed by atoms with Gasteiger partial charge in [0.25, 0.3) is 0 Å². The first-order valence-corrected chi connectivity index (χ1v) is 4.61. The van der Waals surface area contributed by atoms with Crippen LogP contribution in [0, 0.1) is 5.92 Å². The van der Waals surface area contributed by atoms with E-state index >= 15 is 0 Å². The van der Waals surface area contributed by atoms with Crippen LogP contribution in [0.1, 0.15) is 35.1 Å². The number of aromatic amines is 1. The van der Waals surface area contributed by atoms with Gasteiger partial charge in [-0.1, -0.05) is 6.92 Å². The average Bonchev–Trinajstić information content (AvgIpc) is 2.46. The molecule has 0 saturated carbocycles. The van der Waals surface area contributed by atoms with Crippen molar-refractivity contribution < 1.29 is 9.90 Å². The molecule has 1 heterocycles. The maximum absolute atomic E-state index is 10.7. The van der Waals surface area contributed by atoms with Crippen LogP contribution >= 0.6 is 0 Å².